The van der Waals surface area contributed by atoms with Gasteiger partial charge in [-0.1, -0.05) is 18.6 Å². The van der Waals surface area contributed by atoms with Gasteiger partial charge in [-0.3, -0.25) is 4.90 Å². The maximum atomic E-state index is 10.6. The van der Waals surface area contributed by atoms with Crippen LogP contribution in [0.15, 0.2) is 12.1 Å². The van der Waals surface area contributed by atoms with Crippen molar-refractivity contribution in [1.82, 2.24) is 9.80 Å². The molecule has 0 spiro atoms. The number of rotatable bonds is 7. The van der Waals surface area contributed by atoms with Crippen molar-refractivity contribution in [2.45, 2.75) is 65.0 Å². The van der Waals surface area contributed by atoms with Crippen LogP contribution in [0, 0.1) is 20.8 Å². The molecule has 0 aromatic heterocycles. The number of hydrogen-bond donors (Lipinski definition) is 1. The van der Waals surface area contributed by atoms with E-state index in [2.05, 4.69) is 42.7 Å². The minimum absolute atomic E-state index is 0.373. The van der Waals surface area contributed by atoms with Crippen LogP contribution in [0.3, 0.4) is 0 Å². The van der Waals surface area contributed by atoms with Crippen LogP contribution in [0.1, 0.15) is 48.8 Å². The Morgan fingerprint density at radius 3 is 2.54 bits per heavy atom. The SMILES string of the molecule is Cc1ccc(C)c(OC[C@@H](O)CN2CCC[C@@H]2CN2CCCCC2)c1C. The molecule has 2 saturated heterocycles. The van der Waals surface area contributed by atoms with Gasteiger partial charge in [0.05, 0.1) is 0 Å². The van der Waals surface area contributed by atoms with Crippen LogP contribution in [-0.2, 0) is 0 Å². The van der Waals surface area contributed by atoms with E-state index in [4.69, 9.17) is 4.74 Å². The van der Waals surface area contributed by atoms with Gasteiger partial charge in [-0.15, -0.1) is 0 Å². The van der Waals surface area contributed by atoms with Gasteiger partial charge in [0.2, 0.25) is 0 Å². The highest BCUT2D eigenvalue weighted by atomic mass is 16.5. The molecule has 3 rings (SSSR count). The quantitative estimate of drug-likeness (QED) is 0.809. The molecule has 0 radical (unpaired) electrons. The summed E-state index contributed by atoms with van der Waals surface area (Å²) >= 11 is 0. The first-order valence-corrected chi connectivity index (χ1v) is 10.4. The van der Waals surface area contributed by atoms with E-state index in [1.165, 1.54) is 62.9 Å². The molecule has 2 atom stereocenters. The van der Waals surface area contributed by atoms with Gasteiger partial charge in [-0.2, -0.15) is 0 Å². The lowest BCUT2D eigenvalue weighted by Gasteiger charge is -2.33. The van der Waals surface area contributed by atoms with Crippen molar-refractivity contribution in [2.24, 2.45) is 0 Å². The molecule has 2 aliphatic rings. The highest BCUT2D eigenvalue weighted by molar-refractivity contribution is 5.44. The Hall–Kier alpha value is -1.10. The Labute approximate surface area is 159 Å². The number of aliphatic hydroxyl groups is 1. The molecule has 1 aromatic carbocycles. The second-order valence-corrected chi connectivity index (χ2v) is 8.27. The van der Waals surface area contributed by atoms with E-state index in [1.54, 1.807) is 0 Å². The number of benzene rings is 1. The molecule has 0 unspecified atom stereocenters. The van der Waals surface area contributed by atoms with Gasteiger partial charge in [0, 0.05) is 19.1 Å². The average Bonchev–Trinajstić information content (AvgIpc) is 3.06. The molecular weight excluding hydrogens is 324 g/mol. The summed E-state index contributed by atoms with van der Waals surface area (Å²) in [4.78, 5) is 5.10. The molecule has 26 heavy (non-hydrogen) atoms. The van der Waals surface area contributed by atoms with Crippen LogP contribution in [-0.4, -0.2) is 66.4 Å². The Bertz CT molecular complexity index is 584. The summed E-state index contributed by atoms with van der Waals surface area (Å²) in [5, 5.41) is 10.6. The number of ether oxygens (including phenoxy) is 1. The number of hydrogen-bond acceptors (Lipinski definition) is 4. The summed E-state index contributed by atoms with van der Waals surface area (Å²) in [6.45, 7) is 12.2. The molecule has 2 fully saturated rings. The van der Waals surface area contributed by atoms with Crippen molar-refractivity contribution in [2.75, 3.05) is 39.3 Å². The van der Waals surface area contributed by atoms with Crippen LogP contribution >= 0.6 is 0 Å². The Morgan fingerprint density at radius 2 is 1.77 bits per heavy atom. The molecule has 1 N–H and O–H groups in total. The number of β-amino-alcohol motifs (C(OH)–C–C–N with tert-alkyl or cyclic N) is 1. The van der Waals surface area contributed by atoms with E-state index < -0.39 is 6.10 Å². The van der Waals surface area contributed by atoms with Crippen LogP contribution in [0.4, 0.5) is 0 Å². The molecule has 146 valence electrons. The van der Waals surface area contributed by atoms with Gasteiger partial charge in [-0.05, 0) is 82.8 Å². The lowest BCUT2D eigenvalue weighted by molar-refractivity contribution is 0.0551. The third kappa shape index (κ3) is 4.99. The fraction of sp³-hybridized carbons (Fsp3) is 0.727. The maximum absolute atomic E-state index is 10.6. The summed E-state index contributed by atoms with van der Waals surface area (Å²) in [7, 11) is 0. The van der Waals surface area contributed by atoms with Crippen LogP contribution in [0.5, 0.6) is 5.75 Å². The van der Waals surface area contributed by atoms with Gasteiger partial charge in [-0.25, -0.2) is 0 Å². The predicted molar refractivity (Wildman–Crippen MR) is 107 cm³/mol. The summed E-state index contributed by atoms with van der Waals surface area (Å²) in [5.74, 6) is 0.940. The van der Waals surface area contributed by atoms with E-state index in [0.717, 1.165) is 24.4 Å². The summed E-state index contributed by atoms with van der Waals surface area (Å²) in [6.07, 6.45) is 6.16. The topological polar surface area (TPSA) is 35.9 Å². The lowest BCUT2D eigenvalue weighted by atomic mass is 10.1. The molecular formula is C22H36N2O2. The zero-order valence-electron chi connectivity index (χ0n) is 16.8. The minimum atomic E-state index is -0.434. The number of likely N-dealkylation sites (tertiary alicyclic amines) is 2. The Balaban J connectivity index is 1.49. The van der Waals surface area contributed by atoms with Crippen molar-refractivity contribution in [1.29, 1.82) is 0 Å². The van der Waals surface area contributed by atoms with E-state index in [9.17, 15) is 5.11 Å². The predicted octanol–water partition coefficient (Wildman–Crippen LogP) is 3.30. The largest absolute Gasteiger partial charge is 0.490 e. The molecule has 2 aliphatic heterocycles. The zero-order valence-corrected chi connectivity index (χ0v) is 16.8. The minimum Gasteiger partial charge on any atom is -0.490 e. The zero-order chi connectivity index (χ0) is 18.5. The van der Waals surface area contributed by atoms with Crippen molar-refractivity contribution >= 4 is 0 Å². The van der Waals surface area contributed by atoms with Gasteiger partial charge in [0.25, 0.3) is 0 Å². The number of aryl methyl sites for hydroxylation is 2. The Morgan fingerprint density at radius 1 is 1.04 bits per heavy atom. The van der Waals surface area contributed by atoms with Crippen LogP contribution in [0.2, 0.25) is 0 Å². The Kier molecular flexibility index (Phi) is 6.96. The molecule has 2 heterocycles. The van der Waals surface area contributed by atoms with E-state index in [0.29, 0.717) is 12.6 Å². The molecule has 4 nitrogen and oxygen atoms in total. The van der Waals surface area contributed by atoms with Crippen molar-refractivity contribution in [3.05, 3.63) is 28.8 Å². The molecule has 0 amide bonds. The summed E-state index contributed by atoms with van der Waals surface area (Å²) < 4.78 is 6.02. The molecule has 0 saturated carbocycles. The highest BCUT2D eigenvalue weighted by Crippen LogP contribution is 2.26. The van der Waals surface area contributed by atoms with Gasteiger partial charge in [0.1, 0.15) is 18.5 Å². The monoisotopic (exact) mass is 360 g/mol. The highest BCUT2D eigenvalue weighted by Gasteiger charge is 2.28. The first-order chi connectivity index (χ1) is 12.5. The fourth-order valence-electron chi connectivity index (χ4n) is 4.43. The summed E-state index contributed by atoms with van der Waals surface area (Å²) in [6, 6.07) is 4.83. The van der Waals surface area contributed by atoms with E-state index in [1.807, 2.05) is 0 Å². The number of nitrogens with zero attached hydrogens (tertiary/aromatic N) is 2. The molecule has 1 aromatic rings. The molecule has 4 heteroatoms. The molecule has 0 bridgehead atoms. The average molecular weight is 361 g/mol. The van der Waals surface area contributed by atoms with Crippen LogP contribution in [0.25, 0.3) is 0 Å². The van der Waals surface area contributed by atoms with Crippen molar-refractivity contribution in [3.63, 3.8) is 0 Å². The van der Waals surface area contributed by atoms with E-state index in [-0.39, 0.29) is 0 Å². The van der Waals surface area contributed by atoms with Gasteiger partial charge < -0.3 is 14.7 Å². The van der Waals surface area contributed by atoms with Crippen molar-refractivity contribution < 1.29 is 9.84 Å². The first kappa shape index (κ1) is 19.7. The van der Waals surface area contributed by atoms with E-state index >= 15 is 0 Å². The van der Waals surface area contributed by atoms with Crippen LogP contribution < -0.4 is 4.74 Å². The lowest BCUT2D eigenvalue weighted by Crippen LogP contribution is -2.45. The standard InChI is InChI=1S/C22H36N2O2/c1-17-9-10-18(2)22(19(17)3)26-16-21(25)15-24-13-7-8-20(24)14-23-11-5-4-6-12-23/h9-10,20-21,25H,4-8,11-16H2,1-3H3/t20-,21+/m1/s1. The third-order valence-corrected chi connectivity index (χ3v) is 6.16. The first-order valence-electron chi connectivity index (χ1n) is 10.4. The van der Waals surface area contributed by atoms with Crippen molar-refractivity contribution in [3.8, 4) is 5.75 Å². The number of aliphatic hydroxyl groups excluding tert-OH is 1. The number of piperidine rings is 1. The molecule has 0 aliphatic carbocycles. The second-order valence-electron chi connectivity index (χ2n) is 8.27. The van der Waals surface area contributed by atoms with Gasteiger partial charge >= 0.3 is 0 Å². The third-order valence-electron chi connectivity index (χ3n) is 6.16. The second kappa shape index (κ2) is 9.20. The maximum Gasteiger partial charge on any atom is 0.125 e. The summed E-state index contributed by atoms with van der Waals surface area (Å²) in [5.41, 5.74) is 3.56. The fourth-order valence-corrected chi connectivity index (χ4v) is 4.43. The smallest absolute Gasteiger partial charge is 0.125 e. The van der Waals surface area contributed by atoms with Gasteiger partial charge in [0.15, 0.2) is 0 Å². The normalized spacial score (nSPS) is 23.3.